The van der Waals surface area contributed by atoms with Gasteiger partial charge in [-0.1, -0.05) is 30.7 Å². The molecular weight excluding hydrogens is 362 g/mol. The molecule has 2 saturated heterocycles. The Labute approximate surface area is 167 Å². The Hall–Kier alpha value is -1.59. The molecule has 0 bridgehead atoms. The normalized spacial score (nSPS) is 21.8. The fourth-order valence-corrected chi connectivity index (χ4v) is 4.16. The Morgan fingerprint density at radius 2 is 1.74 bits per heavy atom. The Bertz CT molecular complexity index is 635. The molecule has 148 valence electrons. The molecule has 2 aliphatic heterocycles. The minimum atomic E-state index is 0.117. The van der Waals surface area contributed by atoms with E-state index < -0.39 is 0 Å². The smallest absolute Gasteiger partial charge is 0.227 e. The van der Waals surface area contributed by atoms with Crippen LogP contribution in [-0.4, -0.2) is 60.9 Å². The zero-order chi connectivity index (χ0) is 19.2. The van der Waals surface area contributed by atoms with Gasteiger partial charge in [-0.05, 0) is 55.5 Å². The van der Waals surface area contributed by atoms with Crippen molar-refractivity contribution in [1.82, 2.24) is 15.1 Å². The van der Waals surface area contributed by atoms with Gasteiger partial charge in [-0.25, -0.2) is 0 Å². The molecule has 2 amide bonds. The third-order valence-corrected chi connectivity index (χ3v) is 6.14. The van der Waals surface area contributed by atoms with Gasteiger partial charge in [-0.3, -0.25) is 9.59 Å². The van der Waals surface area contributed by atoms with E-state index in [1.807, 2.05) is 34.1 Å². The topological polar surface area (TPSA) is 52.7 Å². The van der Waals surface area contributed by atoms with Crippen molar-refractivity contribution < 1.29 is 9.59 Å². The number of piperazine rings is 1. The Balaban J connectivity index is 1.42. The minimum absolute atomic E-state index is 0.117. The third-order valence-electron chi connectivity index (χ3n) is 5.89. The van der Waals surface area contributed by atoms with Crippen molar-refractivity contribution in [3.05, 3.63) is 34.9 Å². The quantitative estimate of drug-likeness (QED) is 0.839. The summed E-state index contributed by atoms with van der Waals surface area (Å²) in [5.41, 5.74) is 0.970. The molecule has 0 aromatic heterocycles. The zero-order valence-electron chi connectivity index (χ0n) is 16.1. The molecule has 5 nitrogen and oxygen atoms in total. The van der Waals surface area contributed by atoms with E-state index >= 15 is 0 Å². The Morgan fingerprint density at radius 3 is 2.33 bits per heavy atom. The first-order chi connectivity index (χ1) is 13.0. The molecule has 1 N–H and O–H groups in total. The van der Waals surface area contributed by atoms with Gasteiger partial charge in [-0.2, -0.15) is 0 Å². The number of hydrogen-bond donors (Lipinski definition) is 1. The van der Waals surface area contributed by atoms with Gasteiger partial charge >= 0.3 is 0 Å². The second kappa shape index (κ2) is 9.56. The van der Waals surface area contributed by atoms with Crippen molar-refractivity contribution in [2.24, 2.45) is 11.8 Å². The fraction of sp³-hybridized carbons (Fsp3) is 0.619. The summed E-state index contributed by atoms with van der Waals surface area (Å²) in [6, 6.07) is 7.40. The van der Waals surface area contributed by atoms with E-state index in [4.69, 9.17) is 11.6 Å². The van der Waals surface area contributed by atoms with Crippen LogP contribution in [0.15, 0.2) is 24.3 Å². The molecule has 2 heterocycles. The predicted molar refractivity (Wildman–Crippen MR) is 108 cm³/mol. The summed E-state index contributed by atoms with van der Waals surface area (Å²) in [5.74, 6) is 1.36. The molecule has 0 aliphatic carbocycles. The first-order valence-corrected chi connectivity index (χ1v) is 10.4. The third kappa shape index (κ3) is 5.69. The van der Waals surface area contributed by atoms with Gasteiger partial charge in [0.25, 0.3) is 0 Å². The molecule has 0 saturated carbocycles. The maximum Gasteiger partial charge on any atom is 0.227 e. The summed E-state index contributed by atoms with van der Waals surface area (Å²) < 4.78 is 0. The fourth-order valence-electron chi connectivity index (χ4n) is 4.03. The summed E-state index contributed by atoms with van der Waals surface area (Å²) >= 11 is 5.89. The highest BCUT2D eigenvalue weighted by atomic mass is 35.5. The highest BCUT2D eigenvalue weighted by Gasteiger charge is 2.27. The number of nitrogens with zero attached hydrogens (tertiary/aromatic N) is 2. The molecule has 2 aliphatic rings. The van der Waals surface area contributed by atoms with Crippen LogP contribution < -0.4 is 5.32 Å². The molecule has 0 spiro atoms. The minimum Gasteiger partial charge on any atom is -0.339 e. The first kappa shape index (κ1) is 20.2. The van der Waals surface area contributed by atoms with E-state index in [-0.39, 0.29) is 11.8 Å². The number of benzene rings is 1. The lowest BCUT2D eigenvalue weighted by molar-refractivity contribution is -0.140. The van der Waals surface area contributed by atoms with Crippen LogP contribution in [0, 0.1) is 11.8 Å². The average Bonchev–Trinajstić information content (AvgIpc) is 2.70. The zero-order valence-corrected chi connectivity index (χ0v) is 16.9. The van der Waals surface area contributed by atoms with Crippen LogP contribution in [0.1, 0.15) is 31.7 Å². The summed E-state index contributed by atoms with van der Waals surface area (Å²) in [6.45, 7) is 6.85. The van der Waals surface area contributed by atoms with Gasteiger partial charge in [0.05, 0.1) is 6.42 Å². The molecule has 2 unspecified atom stereocenters. The van der Waals surface area contributed by atoms with Crippen molar-refractivity contribution in [2.75, 3.05) is 39.3 Å². The highest BCUT2D eigenvalue weighted by molar-refractivity contribution is 6.30. The number of carbonyl (C=O) groups excluding carboxylic acids is 2. The second-order valence-electron chi connectivity index (χ2n) is 7.85. The van der Waals surface area contributed by atoms with Crippen molar-refractivity contribution in [1.29, 1.82) is 0 Å². The van der Waals surface area contributed by atoms with E-state index in [1.54, 1.807) is 0 Å². The molecule has 1 aromatic carbocycles. The van der Waals surface area contributed by atoms with E-state index in [9.17, 15) is 9.59 Å². The molecular formula is C21H30ClN3O2. The summed E-state index contributed by atoms with van der Waals surface area (Å²) in [5, 5.41) is 4.11. The number of carbonyl (C=O) groups is 2. The van der Waals surface area contributed by atoms with Crippen LogP contribution >= 0.6 is 11.6 Å². The van der Waals surface area contributed by atoms with Crippen molar-refractivity contribution in [3.63, 3.8) is 0 Å². The lowest BCUT2D eigenvalue weighted by atomic mass is 9.85. The van der Waals surface area contributed by atoms with Crippen LogP contribution in [0.3, 0.4) is 0 Å². The Morgan fingerprint density at radius 1 is 1.11 bits per heavy atom. The standard InChI is InChI=1S/C21H30ClN3O2/c1-16(18-3-2-8-23-15-18)13-20(26)24-9-11-25(12-10-24)21(27)14-17-4-6-19(22)7-5-17/h4-7,16,18,23H,2-3,8-15H2,1H3. The van der Waals surface area contributed by atoms with E-state index in [0.29, 0.717) is 55.9 Å². The van der Waals surface area contributed by atoms with Gasteiger partial charge < -0.3 is 15.1 Å². The summed E-state index contributed by atoms with van der Waals surface area (Å²) in [6.07, 6.45) is 3.42. The van der Waals surface area contributed by atoms with E-state index in [1.165, 1.54) is 12.8 Å². The lowest BCUT2D eigenvalue weighted by Gasteiger charge is -2.36. The first-order valence-electron chi connectivity index (χ1n) is 10.0. The molecule has 3 rings (SSSR count). The molecule has 27 heavy (non-hydrogen) atoms. The van der Waals surface area contributed by atoms with Crippen molar-refractivity contribution in [2.45, 2.75) is 32.6 Å². The summed E-state index contributed by atoms with van der Waals surface area (Å²) in [7, 11) is 0. The number of piperidine rings is 1. The monoisotopic (exact) mass is 391 g/mol. The van der Waals surface area contributed by atoms with Gasteiger partial charge in [0.1, 0.15) is 0 Å². The number of nitrogens with one attached hydrogen (secondary N) is 1. The van der Waals surface area contributed by atoms with Gasteiger partial charge in [0.15, 0.2) is 0 Å². The van der Waals surface area contributed by atoms with Gasteiger partial charge in [-0.15, -0.1) is 0 Å². The predicted octanol–water partition coefficient (Wildman–Crippen LogP) is 2.58. The maximum absolute atomic E-state index is 12.6. The van der Waals surface area contributed by atoms with Gasteiger partial charge in [0, 0.05) is 37.6 Å². The Kier molecular flexibility index (Phi) is 7.13. The molecule has 1 aromatic rings. The van der Waals surface area contributed by atoms with Crippen LogP contribution in [0.5, 0.6) is 0 Å². The largest absolute Gasteiger partial charge is 0.339 e. The SMILES string of the molecule is CC(CC(=O)N1CCN(C(=O)Cc2ccc(Cl)cc2)CC1)C1CCCNC1. The number of rotatable bonds is 5. The molecule has 2 atom stereocenters. The van der Waals surface area contributed by atoms with E-state index in [2.05, 4.69) is 12.2 Å². The van der Waals surface area contributed by atoms with E-state index in [0.717, 1.165) is 18.7 Å². The number of hydrogen-bond acceptors (Lipinski definition) is 3. The highest BCUT2D eigenvalue weighted by Crippen LogP contribution is 2.23. The van der Waals surface area contributed by atoms with Crippen molar-refractivity contribution >= 4 is 23.4 Å². The molecule has 0 radical (unpaired) electrons. The van der Waals surface area contributed by atoms with Crippen LogP contribution in [0.2, 0.25) is 5.02 Å². The van der Waals surface area contributed by atoms with Crippen molar-refractivity contribution in [3.8, 4) is 0 Å². The van der Waals surface area contributed by atoms with Crippen LogP contribution in [0.25, 0.3) is 0 Å². The number of amides is 2. The molecule has 2 fully saturated rings. The summed E-state index contributed by atoms with van der Waals surface area (Å²) in [4.78, 5) is 28.9. The maximum atomic E-state index is 12.6. The average molecular weight is 392 g/mol. The number of halogens is 1. The van der Waals surface area contributed by atoms with Gasteiger partial charge in [0.2, 0.25) is 11.8 Å². The second-order valence-corrected chi connectivity index (χ2v) is 8.29. The molecule has 6 heteroatoms. The van der Waals surface area contributed by atoms with Crippen LogP contribution in [0.4, 0.5) is 0 Å². The van der Waals surface area contributed by atoms with Crippen LogP contribution in [-0.2, 0) is 16.0 Å². The lowest BCUT2D eigenvalue weighted by Crippen LogP contribution is -2.51.